The van der Waals surface area contributed by atoms with E-state index in [9.17, 15) is 0 Å². The summed E-state index contributed by atoms with van der Waals surface area (Å²) in [5.41, 5.74) is 0. The third kappa shape index (κ3) is 1.26. The largest absolute Gasteiger partial charge is 0.396 e. The summed E-state index contributed by atoms with van der Waals surface area (Å²) in [6, 6.07) is 0. The second kappa shape index (κ2) is 2.70. The predicted octanol–water partition coefficient (Wildman–Crippen LogP) is 1.66. The Morgan fingerprint density at radius 3 is 2.22 bits per heavy atom. The van der Waals surface area contributed by atoms with E-state index in [1.807, 2.05) is 0 Å². The van der Waals surface area contributed by atoms with Gasteiger partial charge in [0.15, 0.2) is 0 Å². The lowest BCUT2D eigenvalue weighted by Crippen LogP contribution is -2.12. The van der Waals surface area contributed by atoms with E-state index in [2.05, 4.69) is 13.8 Å². The van der Waals surface area contributed by atoms with Gasteiger partial charge in [-0.25, -0.2) is 0 Å². The second-order valence-electron chi connectivity index (χ2n) is 3.36. The van der Waals surface area contributed by atoms with Gasteiger partial charge >= 0.3 is 0 Å². The van der Waals surface area contributed by atoms with Crippen molar-refractivity contribution in [3.63, 3.8) is 0 Å². The zero-order chi connectivity index (χ0) is 6.85. The number of aliphatic hydroxyl groups is 1. The molecule has 0 unspecified atom stereocenters. The summed E-state index contributed by atoms with van der Waals surface area (Å²) in [5, 5.41) is 8.85. The van der Waals surface area contributed by atoms with Gasteiger partial charge in [0, 0.05) is 6.61 Å². The van der Waals surface area contributed by atoms with Gasteiger partial charge in [-0.15, -0.1) is 0 Å². The molecule has 0 aliphatic heterocycles. The molecule has 0 bridgehead atoms. The lowest BCUT2D eigenvalue weighted by Gasteiger charge is -2.14. The summed E-state index contributed by atoms with van der Waals surface area (Å²) in [4.78, 5) is 0. The number of hydrogen-bond donors (Lipinski definition) is 1. The fraction of sp³-hybridized carbons (Fsp3) is 1.00. The summed E-state index contributed by atoms with van der Waals surface area (Å²) >= 11 is 0. The van der Waals surface area contributed by atoms with Crippen LogP contribution in [-0.2, 0) is 0 Å². The van der Waals surface area contributed by atoms with Crippen LogP contribution < -0.4 is 0 Å². The van der Waals surface area contributed by atoms with Gasteiger partial charge in [-0.05, 0) is 24.2 Å². The third-order valence-electron chi connectivity index (χ3n) is 2.87. The monoisotopic (exact) mass is 128 g/mol. The highest BCUT2D eigenvalue weighted by molar-refractivity contribution is 4.78. The van der Waals surface area contributed by atoms with Crippen molar-refractivity contribution >= 4 is 0 Å². The topological polar surface area (TPSA) is 20.2 Å². The normalized spacial score (nSPS) is 43.7. The van der Waals surface area contributed by atoms with Crippen LogP contribution in [0.25, 0.3) is 0 Å². The van der Waals surface area contributed by atoms with E-state index in [0.29, 0.717) is 12.5 Å². The summed E-state index contributed by atoms with van der Waals surface area (Å²) in [5.74, 6) is 2.18. The molecular weight excluding hydrogens is 112 g/mol. The van der Waals surface area contributed by atoms with Crippen molar-refractivity contribution in [2.45, 2.75) is 26.7 Å². The minimum absolute atomic E-state index is 0.394. The van der Waals surface area contributed by atoms with Crippen molar-refractivity contribution in [3.8, 4) is 0 Å². The quantitative estimate of drug-likeness (QED) is 0.569. The van der Waals surface area contributed by atoms with Crippen LogP contribution in [0.3, 0.4) is 0 Å². The van der Waals surface area contributed by atoms with Gasteiger partial charge in [-0.3, -0.25) is 0 Å². The maximum absolute atomic E-state index is 8.85. The minimum atomic E-state index is 0.394. The summed E-state index contributed by atoms with van der Waals surface area (Å²) in [6.45, 7) is 4.92. The standard InChI is InChI=1S/C8H16O/c1-6-3-4-8(5-9)7(6)2/h6-9H,3-5H2,1-2H3/t6-,7-,8-/m1/s1. The average Bonchev–Trinajstić information content (AvgIpc) is 2.15. The zero-order valence-corrected chi connectivity index (χ0v) is 6.30. The van der Waals surface area contributed by atoms with E-state index in [0.717, 1.165) is 11.8 Å². The lowest BCUT2D eigenvalue weighted by molar-refractivity contribution is 0.191. The molecule has 0 spiro atoms. The fourth-order valence-electron chi connectivity index (χ4n) is 1.72. The van der Waals surface area contributed by atoms with Gasteiger partial charge in [0.25, 0.3) is 0 Å². The lowest BCUT2D eigenvalue weighted by atomic mass is 9.93. The molecule has 0 radical (unpaired) electrons. The molecule has 1 aliphatic carbocycles. The Bertz CT molecular complexity index is 90.6. The van der Waals surface area contributed by atoms with Crippen molar-refractivity contribution in [2.24, 2.45) is 17.8 Å². The van der Waals surface area contributed by atoms with Gasteiger partial charge in [0.05, 0.1) is 0 Å². The molecule has 1 aliphatic rings. The first kappa shape index (κ1) is 7.07. The van der Waals surface area contributed by atoms with Crippen LogP contribution in [0.2, 0.25) is 0 Å². The molecule has 1 N–H and O–H groups in total. The summed E-state index contributed by atoms with van der Waals surface area (Å²) in [7, 11) is 0. The molecule has 1 heteroatoms. The molecule has 0 amide bonds. The molecule has 0 aromatic rings. The predicted molar refractivity (Wildman–Crippen MR) is 38.1 cm³/mol. The Balaban J connectivity index is 2.41. The number of aliphatic hydroxyl groups excluding tert-OH is 1. The van der Waals surface area contributed by atoms with Crippen molar-refractivity contribution in [1.29, 1.82) is 0 Å². The van der Waals surface area contributed by atoms with Crippen molar-refractivity contribution in [3.05, 3.63) is 0 Å². The van der Waals surface area contributed by atoms with Crippen molar-refractivity contribution in [1.82, 2.24) is 0 Å². The highest BCUT2D eigenvalue weighted by Crippen LogP contribution is 2.35. The molecule has 1 rings (SSSR count). The molecule has 1 fully saturated rings. The van der Waals surface area contributed by atoms with Crippen LogP contribution in [0.15, 0.2) is 0 Å². The van der Waals surface area contributed by atoms with Gasteiger partial charge in [0.2, 0.25) is 0 Å². The molecule has 3 atom stereocenters. The third-order valence-corrected chi connectivity index (χ3v) is 2.87. The molecule has 1 saturated carbocycles. The maximum atomic E-state index is 8.85. The highest BCUT2D eigenvalue weighted by atomic mass is 16.3. The van der Waals surface area contributed by atoms with E-state index in [1.54, 1.807) is 0 Å². The van der Waals surface area contributed by atoms with Crippen LogP contribution >= 0.6 is 0 Å². The number of hydrogen-bond acceptors (Lipinski definition) is 1. The maximum Gasteiger partial charge on any atom is 0.0461 e. The van der Waals surface area contributed by atoms with Crippen LogP contribution in [-0.4, -0.2) is 11.7 Å². The zero-order valence-electron chi connectivity index (χ0n) is 6.30. The molecule has 54 valence electrons. The highest BCUT2D eigenvalue weighted by Gasteiger charge is 2.28. The molecule has 1 nitrogen and oxygen atoms in total. The number of rotatable bonds is 1. The van der Waals surface area contributed by atoms with Crippen molar-refractivity contribution < 1.29 is 5.11 Å². The second-order valence-corrected chi connectivity index (χ2v) is 3.36. The van der Waals surface area contributed by atoms with Crippen molar-refractivity contribution in [2.75, 3.05) is 6.61 Å². The smallest absolute Gasteiger partial charge is 0.0461 e. The van der Waals surface area contributed by atoms with Gasteiger partial charge in [-0.1, -0.05) is 20.3 Å². The molecule has 0 heterocycles. The van der Waals surface area contributed by atoms with Gasteiger partial charge in [0.1, 0.15) is 0 Å². The Morgan fingerprint density at radius 2 is 2.00 bits per heavy atom. The average molecular weight is 128 g/mol. The van der Waals surface area contributed by atoms with Crippen LogP contribution in [0, 0.1) is 17.8 Å². The SMILES string of the molecule is C[C@H]1[C@@H](CO)CC[C@H]1C. The van der Waals surface area contributed by atoms with Gasteiger partial charge < -0.3 is 5.11 Å². The van der Waals surface area contributed by atoms with Gasteiger partial charge in [-0.2, -0.15) is 0 Å². The molecule has 0 aromatic heterocycles. The molecule has 0 saturated heterocycles. The first-order valence-corrected chi connectivity index (χ1v) is 3.86. The molecule has 0 aromatic carbocycles. The Hall–Kier alpha value is -0.0400. The fourth-order valence-corrected chi connectivity index (χ4v) is 1.72. The van der Waals surface area contributed by atoms with E-state index >= 15 is 0 Å². The van der Waals surface area contributed by atoms with E-state index < -0.39 is 0 Å². The minimum Gasteiger partial charge on any atom is -0.396 e. The van der Waals surface area contributed by atoms with Crippen LogP contribution in [0.1, 0.15) is 26.7 Å². The van der Waals surface area contributed by atoms with E-state index in [4.69, 9.17) is 5.11 Å². The van der Waals surface area contributed by atoms with E-state index in [1.165, 1.54) is 12.8 Å². The first-order chi connectivity index (χ1) is 4.25. The Labute approximate surface area is 57.1 Å². The van der Waals surface area contributed by atoms with Crippen LogP contribution in [0.4, 0.5) is 0 Å². The van der Waals surface area contributed by atoms with E-state index in [-0.39, 0.29) is 0 Å². The summed E-state index contributed by atoms with van der Waals surface area (Å²) in [6.07, 6.45) is 2.55. The van der Waals surface area contributed by atoms with Crippen LogP contribution in [0.5, 0.6) is 0 Å². The Kier molecular flexibility index (Phi) is 2.12. The first-order valence-electron chi connectivity index (χ1n) is 3.86. The molecule has 9 heavy (non-hydrogen) atoms. The Morgan fingerprint density at radius 1 is 1.33 bits per heavy atom. The summed E-state index contributed by atoms with van der Waals surface area (Å²) < 4.78 is 0. The molecular formula is C8H16O.